The molecule has 0 radical (unpaired) electrons. The lowest BCUT2D eigenvalue weighted by atomic mass is 9.98. The van der Waals surface area contributed by atoms with E-state index in [4.69, 9.17) is 0 Å². The van der Waals surface area contributed by atoms with Gasteiger partial charge in [0.05, 0.1) is 11.8 Å². The topological polar surface area (TPSA) is 119 Å². The number of fused-ring (bicyclic) bond motifs is 4. The number of β-amino-alcohol motifs (C(OH)–C–C–N with tert-alkyl or cyclic N) is 1. The molecule has 1 atom stereocenters. The Bertz CT molecular complexity index is 1280. The fourth-order valence-electron chi connectivity index (χ4n) is 5.02. The van der Waals surface area contributed by atoms with Crippen molar-refractivity contribution in [2.45, 2.75) is 38.3 Å². The zero-order valence-electron chi connectivity index (χ0n) is 17.7. The normalized spacial score (nSPS) is 18.1. The Kier molecular flexibility index (Phi) is 5.79. The van der Waals surface area contributed by atoms with Crippen molar-refractivity contribution in [3.8, 4) is 17.0 Å². The second kappa shape index (κ2) is 8.27. The summed E-state index contributed by atoms with van der Waals surface area (Å²) < 4.78 is 2.17. The van der Waals surface area contributed by atoms with E-state index >= 15 is 0 Å². The molecule has 0 saturated carbocycles. The molecule has 4 N–H and O–H groups in total. The van der Waals surface area contributed by atoms with E-state index in [0.717, 1.165) is 60.1 Å². The first-order valence-corrected chi connectivity index (χ1v) is 10.6. The summed E-state index contributed by atoms with van der Waals surface area (Å²) in [7, 11) is 2.04. The molecule has 0 amide bonds. The number of carboxylic acid groups (broad SMARTS) is 1. The van der Waals surface area contributed by atoms with E-state index in [1.807, 2.05) is 13.1 Å². The van der Waals surface area contributed by atoms with E-state index in [1.54, 1.807) is 0 Å². The van der Waals surface area contributed by atoms with Crippen LogP contribution in [-0.2, 0) is 26.4 Å². The molecule has 2 aliphatic rings. The van der Waals surface area contributed by atoms with Crippen molar-refractivity contribution < 1.29 is 20.1 Å². The smallest absolute Gasteiger partial charge is 0.345 e. The molecule has 9 heteroatoms. The van der Waals surface area contributed by atoms with Crippen molar-refractivity contribution >= 4 is 29.3 Å². The number of hydrogen-bond acceptors (Lipinski definition) is 5. The monoisotopic (exact) mass is 459 g/mol. The lowest BCUT2D eigenvalue weighted by Crippen LogP contribution is -2.22. The number of aromatic hydroxyl groups is 1. The minimum Gasteiger partial charge on any atom is -0.506 e. The van der Waals surface area contributed by atoms with E-state index in [1.165, 1.54) is 0 Å². The summed E-state index contributed by atoms with van der Waals surface area (Å²) in [5.74, 6) is -1.86. The molecule has 32 heavy (non-hydrogen) atoms. The van der Waals surface area contributed by atoms with Gasteiger partial charge in [0.25, 0.3) is 5.56 Å². The molecule has 0 spiro atoms. The van der Waals surface area contributed by atoms with Gasteiger partial charge in [0.15, 0.2) is 5.56 Å². The number of carboxylic acids is 1. The largest absolute Gasteiger partial charge is 0.506 e. The predicted octanol–water partition coefficient (Wildman–Crippen LogP) is 2.41. The third-order valence-corrected chi connectivity index (χ3v) is 6.65. The maximum atomic E-state index is 12.4. The Morgan fingerprint density at radius 1 is 1.25 bits per heavy atom. The molecule has 1 aliphatic carbocycles. The number of halogens is 1. The van der Waals surface area contributed by atoms with Crippen molar-refractivity contribution in [2.24, 2.45) is 7.05 Å². The quantitative estimate of drug-likeness (QED) is 0.477. The number of aromatic amines is 1. The lowest BCUT2D eigenvalue weighted by molar-refractivity contribution is 0.0691. The van der Waals surface area contributed by atoms with Crippen LogP contribution in [0, 0.1) is 0 Å². The van der Waals surface area contributed by atoms with Gasteiger partial charge in [-0.1, -0.05) is 0 Å². The average molecular weight is 460 g/mol. The Hall–Kier alpha value is -2.81. The standard InChI is InChI=1S/C23H25N3O5.ClH/c1-25-14(10-26-6-5-15(27)11-26)7-13-8-17-12(9-18(13)25)3-2-4-16-20(17)24-22(29)19(21(16)28)23(30)31;/h7-9,15,27H,2-6,10-11H2,1H3,(H,30,31)(H2,24,28,29);1H. The van der Waals surface area contributed by atoms with Gasteiger partial charge in [-0.3, -0.25) is 9.69 Å². The first-order chi connectivity index (χ1) is 14.8. The highest BCUT2D eigenvalue weighted by Crippen LogP contribution is 2.38. The van der Waals surface area contributed by atoms with E-state index < -0.39 is 22.8 Å². The Morgan fingerprint density at radius 3 is 2.72 bits per heavy atom. The van der Waals surface area contributed by atoms with Gasteiger partial charge < -0.3 is 24.9 Å². The summed E-state index contributed by atoms with van der Waals surface area (Å²) in [6.07, 6.45) is 2.54. The molecule has 1 aliphatic heterocycles. The van der Waals surface area contributed by atoms with E-state index in [-0.39, 0.29) is 18.5 Å². The summed E-state index contributed by atoms with van der Waals surface area (Å²) in [6, 6.07) is 6.27. The first-order valence-electron chi connectivity index (χ1n) is 10.6. The summed E-state index contributed by atoms with van der Waals surface area (Å²) in [5.41, 5.74) is 3.72. The van der Waals surface area contributed by atoms with Crippen molar-refractivity contribution in [3.05, 3.63) is 50.9 Å². The van der Waals surface area contributed by atoms with Crippen LogP contribution >= 0.6 is 12.4 Å². The molecule has 1 aromatic carbocycles. The Labute approximate surface area is 190 Å². The van der Waals surface area contributed by atoms with Gasteiger partial charge >= 0.3 is 5.97 Å². The molecule has 0 bridgehead atoms. The van der Waals surface area contributed by atoms with Crippen LogP contribution < -0.4 is 5.56 Å². The zero-order chi connectivity index (χ0) is 21.9. The second-order valence-corrected chi connectivity index (χ2v) is 8.63. The van der Waals surface area contributed by atoms with Gasteiger partial charge in [0, 0.05) is 54.4 Å². The van der Waals surface area contributed by atoms with Crippen LogP contribution in [0.4, 0.5) is 0 Å². The molecule has 170 valence electrons. The number of rotatable bonds is 3. The number of aryl methyl sites for hydroxylation is 2. The first kappa shape index (κ1) is 22.4. The van der Waals surface area contributed by atoms with Crippen molar-refractivity contribution in [2.75, 3.05) is 13.1 Å². The maximum Gasteiger partial charge on any atom is 0.345 e. The number of nitrogens with one attached hydrogen (secondary N) is 1. The number of aromatic nitrogens is 2. The molecule has 1 fully saturated rings. The van der Waals surface area contributed by atoms with E-state index in [9.17, 15) is 24.9 Å². The van der Waals surface area contributed by atoms with Gasteiger partial charge in [-0.2, -0.15) is 0 Å². The molecule has 2 aromatic heterocycles. The highest BCUT2D eigenvalue weighted by molar-refractivity contribution is 5.93. The summed E-state index contributed by atoms with van der Waals surface area (Å²) in [6.45, 7) is 2.31. The SMILES string of the molecule is Cl.Cn1c(CN2CCC(O)C2)cc2cc3c(cc21)CCCc1c-3[nH]c(=O)c(C(=O)O)c1O. The predicted molar refractivity (Wildman–Crippen MR) is 123 cm³/mol. The number of hydrogen-bond donors (Lipinski definition) is 4. The highest BCUT2D eigenvalue weighted by atomic mass is 35.5. The van der Waals surface area contributed by atoms with Crippen LogP contribution in [0.15, 0.2) is 23.0 Å². The van der Waals surface area contributed by atoms with Crippen molar-refractivity contribution in [3.63, 3.8) is 0 Å². The molecule has 5 rings (SSSR count). The molecular weight excluding hydrogens is 434 g/mol. The fourth-order valence-corrected chi connectivity index (χ4v) is 5.02. The minimum absolute atomic E-state index is 0. The lowest BCUT2D eigenvalue weighted by Gasteiger charge is -2.15. The number of aromatic carboxylic acids is 1. The third kappa shape index (κ3) is 3.58. The number of nitrogens with zero attached hydrogens (tertiary/aromatic N) is 2. The van der Waals surface area contributed by atoms with Crippen LogP contribution in [0.3, 0.4) is 0 Å². The average Bonchev–Trinajstić information content (AvgIpc) is 3.19. The number of carbonyl (C=O) groups is 1. The summed E-state index contributed by atoms with van der Waals surface area (Å²) >= 11 is 0. The Balaban J connectivity index is 0.00000245. The van der Waals surface area contributed by atoms with Gasteiger partial charge in [0.2, 0.25) is 0 Å². The summed E-state index contributed by atoms with van der Waals surface area (Å²) in [5, 5.41) is 30.7. The molecule has 8 nitrogen and oxygen atoms in total. The molecule has 1 saturated heterocycles. The summed E-state index contributed by atoms with van der Waals surface area (Å²) in [4.78, 5) is 28.8. The van der Waals surface area contributed by atoms with Crippen LogP contribution in [0.25, 0.3) is 22.2 Å². The van der Waals surface area contributed by atoms with Crippen molar-refractivity contribution in [1.29, 1.82) is 0 Å². The van der Waals surface area contributed by atoms with Crippen LogP contribution in [-0.4, -0.2) is 54.9 Å². The van der Waals surface area contributed by atoms with Gasteiger partial charge in [0.1, 0.15) is 5.75 Å². The van der Waals surface area contributed by atoms with E-state index in [2.05, 4.69) is 26.6 Å². The molecule has 3 heterocycles. The second-order valence-electron chi connectivity index (χ2n) is 8.63. The van der Waals surface area contributed by atoms with Crippen molar-refractivity contribution in [1.82, 2.24) is 14.5 Å². The van der Waals surface area contributed by atoms with Crippen LogP contribution in [0.1, 0.15) is 40.0 Å². The third-order valence-electron chi connectivity index (χ3n) is 6.65. The molecular formula is C23H26ClN3O5. The van der Waals surface area contributed by atoms with Crippen LogP contribution in [0.5, 0.6) is 5.75 Å². The maximum absolute atomic E-state index is 12.4. The van der Waals surface area contributed by atoms with Crippen LogP contribution in [0.2, 0.25) is 0 Å². The number of benzene rings is 1. The number of H-pyrrole nitrogens is 1. The Morgan fingerprint density at radius 2 is 2.03 bits per heavy atom. The van der Waals surface area contributed by atoms with Gasteiger partial charge in [-0.15, -0.1) is 12.4 Å². The molecule has 1 unspecified atom stereocenters. The van der Waals surface area contributed by atoms with Gasteiger partial charge in [-0.05, 0) is 49.4 Å². The number of pyridine rings is 1. The highest BCUT2D eigenvalue weighted by Gasteiger charge is 2.26. The number of likely N-dealkylation sites (tertiary alicyclic amines) is 1. The number of aliphatic hydroxyl groups excluding tert-OH is 1. The van der Waals surface area contributed by atoms with Gasteiger partial charge in [-0.25, -0.2) is 4.79 Å². The number of aliphatic hydroxyl groups is 1. The van der Waals surface area contributed by atoms with E-state index in [0.29, 0.717) is 24.2 Å². The minimum atomic E-state index is -1.43. The fraction of sp³-hybridized carbons (Fsp3) is 0.391. The zero-order valence-corrected chi connectivity index (χ0v) is 18.5. The molecule has 3 aromatic rings.